The second-order valence-electron chi connectivity index (χ2n) is 6.31. The zero-order chi connectivity index (χ0) is 16.0. The van der Waals surface area contributed by atoms with E-state index in [0.717, 1.165) is 23.4 Å². The summed E-state index contributed by atoms with van der Waals surface area (Å²) in [7, 11) is 0. The maximum Gasteiger partial charge on any atom is 0.254 e. The van der Waals surface area contributed by atoms with Gasteiger partial charge in [0, 0.05) is 0 Å². The van der Waals surface area contributed by atoms with Crippen LogP contribution < -0.4 is 0 Å². The summed E-state index contributed by atoms with van der Waals surface area (Å²) >= 11 is 0. The Morgan fingerprint density at radius 1 is 1.04 bits per heavy atom. The van der Waals surface area contributed by atoms with Crippen LogP contribution in [0.25, 0.3) is 0 Å². The van der Waals surface area contributed by atoms with Crippen LogP contribution in [0.15, 0.2) is 41.5 Å². The van der Waals surface area contributed by atoms with Gasteiger partial charge in [0.1, 0.15) is 0 Å². The minimum absolute atomic E-state index is 0.177. The molecule has 1 saturated carbocycles. The van der Waals surface area contributed by atoms with E-state index in [-0.39, 0.29) is 35.5 Å². The molecule has 23 heavy (non-hydrogen) atoms. The highest BCUT2D eigenvalue weighted by Crippen LogP contribution is 2.49. The van der Waals surface area contributed by atoms with Crippen LogP contribution >= 0.6 is 0 Å². The van der Waals surface area contributed by atoms with Crippen LogP contribution in [0.5, 0.6) is 0 Å². The summed E-state index contributed by atoms with van der Waals surface area (Å²) in [5.74, 6) is -0.463. The Bertz CT molecular complexity index is 740. The second-order valence-corrected chi connectivity index (χ2v) is 6.31. The molecule has 2 amide bonds. The monoisotopic (exact) mass is 305 g/mol. The van der Waals surface area contributed by atoms with Gasteiger partial charge in [-0.1, -0.05) is 24.3 Å². The van der Waals surface area contributed by atoms with Crippen molar-refractivity contribution in [3.63, 3.8) is 0 Å². The van der Waals surface area contributed by atoms with Crippen LogP contribution in [0.1, 0.15) is 24.0 Å². The van der Waals surface area contributed by atoms with E-state index in [4.69, 9.17) is 5.26 Å². The quantitative estimate of drug-likeness (QED) is 0.477. The number of nitriles is 1. The summed E-state index contributed by atoms with van der Waals surface area (Å²) in [5, 5.41) is 14.0. The molecule has 1 saturated heterocycles. The lowest BCUT2D eigenvalue weighted by Crippen LogP contribution is -2.38. The van der Waals surface area contributed by atoms with E-state index in [1.165, 1.54) is 6.21 Å². The first-order chi connectivity index (χ1) is 11.2. The summed E-state index contributed by atoms with van der Waals surface area (Å²) in [6.07, 6.45) is 7.65. The van der Waals surface area contributed by atoms with Gasteiger partial charge >= 0.3 is 0 Å². The van der Waals surface area contributed by atoms with Gasteiger partial charge in [0.15, 0.2) is 0 Å². The molecule has 2 bridgehead atoms. The Morgan fingerprint density at radius 3 is 2.09 bits per heavy atom. The smallest absolute Gasteiger partial charge is 0.254 e. The summed E-state index contributed by atoms with van der Waals surface area (Å²) in [6, 6.07) is 8.89. The maximum absolute atomic E-state index is 12.6. The third-order valence-electron chi connectivity index (χ3n) is 5.10. The maximum atomic E-state index is 12.6. The number of nitrogens with zero attached hydrogens (tertiary/aromatic N) is 3. The lowest BCUT2D eigenvalue weighted by molar-refractivity contribution is -0.140. The van der Waals surface area contributed by atoms with E-state index in [0.29, 0.717) is 5.56 Å². The zero-order valence-electron chi connectivity index (χ0n) is 12.4. The van der Waals surface area contributed by atoms with E-state index in [1.54, 1.807) is 24.3 Å². The van der Waals surface area contributed by atoms with Gasteiger partial charge < -0.3 is 0 Å². The fourth-order valence-electron chi connectivity index (χ4n) is 3.94. The number of imide groups is 1. The van der Waals surface area contributed by atoms with Crippen LogP contribution in [0.2, 0.25) is 0 Å². The molecule has 1 aromatic carbocycles. The molecule has 0 unspecified atom stereocenters. The molecular formula is C18H15N3O2. The predicted molar refractivity (Wildman–Crippen MR) is 82.9 cm³/mol. The largest absolute Gasteiger partial charge is 0.272 e. The number of hydrogen-bond donors (Lipinski definition) is 0. The van der Waals surface area contributed by atoms with E-state index in [9.17, 15) is 9.59 Å². The van der Waals surface area contributed by atoms with Gasteiger partial charge in [0.25, 0.3) is 11.8 Å². The van der Waals surface area contributed by atoms with Crippen molar-refractivity contribution in [3.8, 4) is 6.07 Å². The molecule has 114 valence electrons. The number of amides is 2. The Morgan fingerprint density at radius 2 is 1.61 bits per heavy atom. The molecule has 0 radical (unpaired) electrons. The topological polar surface area (TPSA) is 73.5 Å². The van der Waals surface area contributed by atoms with Crippen LogP contribution in [-0.2, 0) is 9.59 Å². The third kappa shape index (κ3) is 2.10. The lowest BCUT2D eigenvalue weighted by atomic mass is 9.63. The number of carbonyl (C=O) groups is 2. The average Bonchev–Trinajstić information content (AvgIpc) is 2.88. The summed E-state index contributed by atoms with van der Waals surface area (Å²) in [6.45, 7) is 0. The third-order valence-corrected chi connectivity index (χ3v) is 5.10. The number of rotatable bonds is 2. The number of benzene rings is 1. The number of carbonyl (C=O) groups excluding carboxylic acids is 2. The molecular weight excluding hydrogens is 290 g/mol. The van der Waals surface area contributed by atoms with E-state index in [1.807, 2.05) is 6.07 Å². The van der Waals surface area contributed by atoms with Crippen LogP contribution in [-0.4, -0.2) is 23.0 Å². The van der Waals surface area contributed by atoms with E-state index < -0.39 is 0 Å². The lowest BCUT2D eigenvalue weighted by Gasteiger charge is -2.37. The molecule has 1 aliphatic heterocycles. The van der Waals surface area contributed by atoms with Gasteiger partial charge in [-0.2, -0.15) is 15.4 Å². The van der Waals surface area contributed by atoms with Crippen molar-refractivity contribution in [2.75, 3.05) is 0 Å². The molecule has 0 N–H and O–H groups in total. The fourth-order valence-corrected chi connectivity index (χ4v) is 3.94. The zero-order valence-corrected chi connectivity index (χ0v) is 12.4. The van der Waals surface area contributed by atoms with Gasteiger partial charge in [0.05, 0.1) is 29.7 Å². The van der Waals surface area contributed by atoms with Crippen molar-refractivity contribution in [2.45, 2.75) is 12.8 Å². The molecule has 5 heteroatoms. The number of hydrazone groups is 1. The first-order valence-electron chi connectivity index (χ1n) is 7.79. The normalized spacial score (nSPS) is 31.7. The van der Waals surface area contributed by atoms with Gasteiger partial charge in [0.2, 0.25) is 0 Å². The molecule has 0 aromatic heterocycles. The first kappa shape index (κ1) is 13.9. The standard InChI is InChI=1S/C18H15N3O2/c19-9-11-1-3-12(4-2-11)10-20-21-17(22)15-13-5-6-14(8-7-13)16(15)18(21)23/h1-6,10,13-16H,7-8H2/b20-10-/t13-,14-,15-,16+/m0/s1. The number of hydrogen-bond acceptors (Lipinski definition) is 4. The average molecular weight is 305 g/mol. The molecule has 1 aromatic rings. The van der Waals surface area contributed by atoms with Gasteiger partial charge in [-0.05, 0) is 42.4 Å². The van der Waals surface area contributed by atoms with Crippen LogP contribution in [0.3, 0.4) is 0 Å². The fraction of sp³-hybridized carbons (Fsp3) is 0.333. The number of fused-ring (bicyclic) bond motifs is 1. The van der Waals surface area contributed by atoms with Gasteiger partial charge in [-0.25, -0.2) is 0 Å². The first-order valence-corrected chi connectivity index (χ1v) is 7.79. The highest BCUT2D eigenvalue weighted by atomic mass is 16.2. The van der Waals surface area contributed by atoms with Crippen molar-refractivity contribution in [1.29, 1.82) is 5.26 Å². The second kappa shape index (κ2) is 5.17. The minimum Gasteiger partial charge on any atom is -0.272 e. The molecule has 5 rings (SSSR count). The van der Waals surface area contributed by atoms with E-state index >= 15 is 0 Å². The predicted octanol–water partition coefficient (Wildman–Crippen LogP) is 2.09. The van der Waals surface area contributed by atoms with Crippen molar-refractivity contribution in [1.82, 2.24) is 5.01 Å². The molecule has 2 fully saturated rings. The minimum atomic E-state index is -0.232. The Labute approximate surface area is 133 Å². The Kier molecular flexibility index (Phi) is 3.12. The van der Waals surface area contributed by atoms with Crippen molar-refractivity contribution >= 4 is 18.0 Å². The summed E-state index contributed by atoms with van der Waals surface area (Å²) in [5.41, 5.74) is 1.31. The van der Waals surface area contributed by atoms with Crippen LogP contribution in [0, 0.1) is 35.0 Å². The molecule has 1 heterocycles. The van der Waals surface area contributed by atoms with Crippen molar-refractivity contribution < 1.29 is 9.59 Å². The highest BCUT2D eigenvalue weighted by Gasteiger charge is 2.56. The molecule has 3 aliphatic carbocycles. The molecule has 4 atom stereocenters. The molecule has 4 aliphatic rings. The van der Waals surface area contributed by atoms with E-state index in [2.05, 4.69) is 17.3 Å². The SMILES string of the molecule is N#Cc1ccc(/C=N\N2C(=O)[C@@H]3[C@H](C2=O)[C@H]2C=C[C@H]3CC2)cc1. The van der Waals surface area contributed by atoms with Gasteiger partial charge in [-0.3, -0.25) is 9.59 Å². The Balaban J connectivity index is 1.58. The van der Waals surface area contributed by atoms with Gasteiger partial charge in [-0.15, -0.1) is 0 Å². The number of allylic oxidation sites excluding steroid dienone is 2. The van der Waals surface area contributed by atoms with Crippen LogP contribution in [0.4, 0.5) is 0 Å². The highest BCUT2D eigenvalue weighted by molar-refractivity contribution is 6.06. The van der Waals surface area contributed by atoms with Crippen molar-refractivity contribution in [3.05, 3.63) is 47.5 Å². The summed E-state index contributed by atoms with van der Waals surface area (Å²) in [4.78, 5) is 25.2. The molecule has 5 nitrogen and oxygen atoms in total. The molecule has 0 spiro atoms. The van der Waals surface area contributed by atoms with Crippen molar-refractivity contribution in [2.24, 2.45) is 28.8 Å². The summed E-state index contributed by atoms with van der Waals surface area (Å²) < 4.78 is 0. The Hall–Kier alpha value is -2.74.